The van der Waals surface area contributed by atoms with Crippen molar-refractivity contribution in [2.75, 3.05) is 0 Å². The van der Waals surface area contributed by atoms with Crippen LogP contribution in [0.4, 0.5) is 0 Å². The van der Waals surface area contributed by atoms with Crippen molar-refractivity contribution in [3.05, 3.63) is 132 Å². The molecule has 0 amide bonds. The van der Waals surface area contributed by atoms with Crippen molar-refractivity contribution in [2.45, 2.75) is 71.5 Å². The minimum absolute atomic E-state index is 0. The van der Waals surface area contributed by atoms with Crippen LogP contribution in [-0.4, -0.2) is 28.2 Å². The van der Waals surface area contributed by atoms with Gasteiger partial charge in [-0.2, -0.15) is 0 Å². The quantitative estimate of drug-likeness (QED) is 0.118. The predicted molar refractivity (Wildman–Crippen MR) is 217 cm³/mol. The average molecular weight is 932 g/mol. The van der Waals surface area contributed by atoms with Gasteiger partial charge in [-0.25, -0.2) is 4.98 Å². The standard InChI is InChI=1S/C28H25N2O.C18H24GeN.Ir/c1-18-17-29-25(15-20(18)16-28(2,3)4)23-12-8-11-21-22-13-14-24(19-9-6-5-7-10-19)30-27(22)31-26(21)23;1-14(2)11-16-12-18(15-9-7-6-8-10-15)20-13-17(16)19(3,4)5;/h5-11,13-15,17H,16H2,1-4H3;6-9,12-14H,11H2,1-5H3;/q2*-1;/i1D3,16D2;11D2;. The Balaban J connectivity index is 0.000000248. The van der Waals surface area contributed by atoms with Crippen molar-refractivity contribution in [2.24, 2.45) is 11.3 Å². The summed E-state index contributed by atoms with van der Waals surface area (Å²) in [7, 11) is 0. The molecule has 0 fully saturated rings. The maximum atomic E-state index is 8.80. The molecule has 4 nitrogen and oxygen atoms in total. The fourth-order valence-corrected chi connectivity index (χ4v) is 8.81. The molecule has 4 aromatic heterocycles. The normalized spacial score (nSPS) is 14.5. The second kappa shape index (κ2) is 16.4. The first-order chi connectivity index (χ1) is 27.0. The topological polar surface area (TPSA) is 51.8 Å². The average Bonchev–Trinajstić information content (AvgIpc) is 3.55. The van der Waals surface area contributed by atoms with Crippen LogP contribution < -0.4 is 4.40 Å². The fourth-order valence-electron chi connectivity index (χ4n) is 5.87. The molecule has 0 N–H and O–H groups in total. The van der Waals surface area contributed by atoms with Crippen LogP contribution in [0.25, 0.3) is 55.8 Å². The zero-order chi connectivity index (χ0) is 42.4. The summed E-state index contributed by atoms with van der Waals surface area (Å²) in [6.45, 7) is 6.62. The number of hydrogen-bond donors (Lipinski definition) is 0. The summed E-state index contributed by atoms with van der Waals surface area (Å²) >= 11 is -2.20. The van der Waals surface area contributed by atoms with Gasteiger partial charge in [-0.3, -0.25) is 0 Å². The van der Waals surface area contributed by atoms with Crippen molar-refractivity contribution in [1.29, 1.82) is 0 Å². The van der Waals surface area contributed by atoms with Gasteiger partial charge in [0.1, 0.15) is 0 Å². The van der Waals surface area contributed by atoms with Gasteiger partial charge in [-0.1, -0.05) is 73.7 Å². The number of pyridine rings is 3. The Labute approximate surface area is 336 Å². The van der Waals surface area contributed by atoms with E-state index in [1.165, 1.54) is 12.3 Å². The van der Waals surface area contributed by atoms with E-state index in [1.807, 2.05) is 98.9 Å². The van der Waals surface area contributed by atoms with Crippen LogP contribution >= 0.6 is 0 Å². The molecule has 6 heteroatoms. The Morgan fingerprint density at radius 3 is 2.21 bits per heavy atom. The van der Waals surface area contributed by atoms with E-state index in [0.29, 0.717) is 22.6 Å². The minimum Gasteiger partial charge on any atom is 0 e. The van der Waals surface area contributed by atoms with Gasteiger partial charge in [0.05, 0.1) is 11.3 Å². The third-order valence-corrected chi connectivity index (χ3v) is 12.4. The van der Waals surface area contributed by atoms with Crippen LogP contribution in [0.15, 0.2) is 108 Å². The van der Waals surface area contributed by atoms with Gasteiger partial charge in [0.2, 0.25) is 5.71 Å². The molecule has 0 aliphatic heterocycles. The van der Waals surface area contributed by atoms with E-state index in [4.69, 9.17) is 19.0 Å². The number of aromatic nitrogens is 3. The monoisotopic (exact) mass is 933 g/mol. The molecule has 0 saturated heterocycles. The van der Waals surface area contributed by atoms with Crippen LogP contribution in [0.2, 0.25) is 17.3 Å². The van der Waals surface area contributed by atoms with Crippen molar-refractivity contribution >= 4 is 39.7 Å². The summed E-state index contributed by atoms with van der Waals surface area (Å²) in [5, 5.41) is 1.66. The molecule has 0 atom stereocenters. The molecule has 0 bridgehead atoms. The number of fused-ring (bicyclic) bond motifs is 3. The van der Waals surface area contributed by atoms with E-state index in [2.05, 4.69) is 39.4 Å². The van der Waals surface area contributed by atoms with E-state index in [1.54, 1.807) is 26.8 Å². The fraction of sp³-hybridized carbons (Fsp3) is 0.283. The first kappa shape index (κ1) is 30.6. The zero-order valence-electron chi connectivity index (χ0n) is 38.0. The van der Waals surface area contributed by atoms with Crippen LogP contribution in [-0.2, 0) is 32.9 Å². The Hall–Kier alpha value is -3.90. The van der Waals surface area contributed by atoms with Crippen molar-refractivity contribution in [1.82, 2.24) is 15.0 Å². The van der Waals surface area contributed by atoms with Gasteiger partial charge in [0.15, 0.2) is 0 Å². The van der Waals surface area contributed by atoms with E-state index in [0.717, 1.165) is 43.2 Å². The molecule has 7 aromatic rings. The van der Waals surface area contributed by atoms with Gasteiger partial charge in [0, 0.05) is 44.1 Å². The summed E-state index contributed by atoms with van der Waals surface area (Å²) in [5.74, 6) is 6.77. The minimum atomic E-state index is -2.51. The Bertz CT molecular complexity index is 2560. The van der Waals surface area contributed by atoms with E-state index >= 15 is 0 Å². The van der Waals surface area contributed by atoms with E-state index in [-0.39, 0.29) is 37.2 Å². The summed E-state index contributed by atoms with van der Waals surface area (Å²) in [6.07, 6.45) is -0.114. The summed E-state index contributed by atoms with van der Waals surface area (Å²) in [5.41, 5.74) is 5.33. The number of aryl methyl sites for hydroxylation is 1. The second-order valence-corrected chi connectivity index (χ2v) is 25.6. The van der Waals surface area contributed by atoms with Gasteiger partial charge >= 0.3 is 128 Å². The van der Waals surface area contributed by atoms with Crippen molar-refractivity contribution < 1.29 is 34.1 Å². The van der Waals surface area contributed by atoms with Crippen LogP contribution in [0, 0.1) is 30.3 Å². The molecule has 4 heterocycles. The molecule has 3 aromatic carbocycles. The third kappa shape index (κ3) is 9.36. The molecule has 0 aliphatic carbocycles. The smallest absolute Gasteiger partial charge is 0 e. The molecule has 0 unspecified atom stereocenters. The molecule has 0 aliphatic rings. The maximum Gasteiger partial charge on any atom is 0 e. The number of nitrogens with zero attached hydrogens (tertiary/aromatic N) is 3. The largest absolute Gasteiger partial charge is 0 e. The zero-order valence-corrected chi connectivity index (χ0v) is 35.5. The first-order valence-corrected chi connectivity index (χ1v) is 24.6. The van der Waals surface area contributed by atoms with Gasteiger partial charge in [-0.05, 0) is 42.0 Å². The van der Waals surface area contributed by atoms with Gasteiger partial charge in [-0.15, -0.1) is 18.2 Å². The molecule has 0 saturated carbocycles. The SMILES string of the molecule is [2H]C([2H])([2H])c1cnc(-c2[c-]ccc3c2oc2nc(-c4ccccc4)ccc23)cc1C([2H])([2H])C(C)(C)C.[2H]C([2H])(c1cc(-c2[c-]cccc2)nc[c]1[Ge]([CH3])([CH3])[CH3])C(C)C.[Ir]. The van der Waals surface area contributed by atoms with Crippen molar-refractivity contribution in [3.8, 4) is 33.8 Å². The van der Waals surface area contributed by atoms with Gasteiger partial charge in [0.25, 0.3) is 0 Å². The molecular formula is C46H49GeIrN3O-2. The predicted octanol–water partition coefficient (Wildman–Crippen LogP) is 11.7. The third-order valence-electron chi connectivity index (χ3n) is 8.18. The summed E-state index contributed by atoms with van der Waals surface area (Å²) < 4.78 is 66.0. The number of hydrogen-bond acceptors (Lipinski definition) is 4. The van der Waals surface area contributed by atoms with E-state index in [9.17, 15) is 0 Å². The van der Waals surface area contributed by atoms with Crippen LogP contribution in [0.5, 0.6) is 0 Å². The number of furan rings is 1. The summed E-state index contributed by atoms with van der Waals surface area (Å²) in [4.78, 5) is 13.7. The molecule has 7 rings (SSSR count). The Morgan fingerprint density at radius 1 is 0.808 bits per heavy atom. The first-order valence-electron chi connectivity index (χ1n) is 20.8. The number of benzene rings is 3. The summed E-state index contributed by atoms with van der Waals surface area (Å²) in [6, 6.07) is 34.9. The molecular weight excluding hydrogens is 875 g/mol. The van der Waals surface area contributed by atoms with Crippen molar-refractivity contribution in [3.63, 3.8) is 0 Å². The Kier molecular flexibility index (Phi) is 9.64. The Morgan fingerprint density at radius 2 is 1.54 bits per heavy atom. The molecule has 1 radical (unpaired) electrons. The second-order valence-electron chi connectivity index (χ2n) is 15.0. The van der Waals surface area contributed by atoms with Crippen LogP contribution in [0.1, 0.15) is 60.9 Å². The molecule has 52 heavy (non-hydrogen) atoms. The van der Waals surface area contributed by atoms with Gasteiger partial charge < -0.3 is 9.40 Å². The number of rotatable bonds is 7. The molecule has 0 spiro atoms. The van der Waals surface area contributed by atoms with Crippen LogP contribution in [0.3, 0.4) is 0 Å². The maximum absolute atomic E-state index is 8.80. The molecule has 269 valence electrons. The van der Waals surface area contributed by atoms with E-state index < -0.39 is 38.3 Å².